The van der Waals surface area contributed by atoms with Crippen LogP contribution in [0.1, 0.15) is 12.0 Å². The van der Waals surface area contributed by atoms with Gasteiger partial charge in [0.05, 0.1) is 0 Å². The van der Waals surface area contributed by atoms with Gasteiger partial charge in [-0.2, -0.15) is 11.3 Å². The number of carbonyl (C=O) groups is 1. The first-order valence-electron chi connectivity index (χ1n) is 5.30. The third-order valence-electron chi connectivity index (χ3n) is 2.33. The van der Waals surface area contributed by atoms with Gasteiger partial charge in [0.1, 0.15) is 0 Å². The summed E-state index contributed by atoms with van der Waals surface area (Å²) in [6, 6.07) is 9.87. The topological polar surface area (TPSA) is 29.1 Å². The van der Waals surface area contributed by atoms with E-state index >= 15 is 0 Å². The molecule has 2 rings (SSSR count). The third kappa shape index (κ3) is 4.12. The van der Waals surface area contributed by atoms with E-state index in [0.29, 0.717) is 6.42 Å². The number of thiophene rings is 1. The van der Waals surface area contributed by atoms with Crippen molar-refractivity contribution in [2.45, 2.75) is 12.8 Å². The molecule has 0 saturated heterocycles. The molecule has 0 radical (unpaired) electrons. The molecule has 0 unspecified atom stereocenters. The molecule has 0 saturated carbocycles. The van der Waals surface area contributed by atoms with Crippen molar-refractivity contribution in [3.8, 4) is 0 Å². The minimum absolute atomic E-state index is 0.0678. The molecular weight excluding hydrogens is 345 g/mol. The first-order valence-corrected chi connectivity index (χ1v) is 7.33. The van der Waals surface area contributed by atoms with Gasteiger partial charge in [0.2, 0.25) is 5.91 Å². The van der Waals surface area contributed by atoms with Gasteiger partial charge in [0, 0.05) is 15.7 Å². The monoisotopic (exact) mass is 357 g/mol. The first-order chi connectivity index (χ1) is 8.24. The molecule has 4 heteroatoms. The summed E-state index contributed by atoms with van der Waals surface area (Å²) in [7, 11) is 0. The maximum absolute atomic E-state index is 11.7. The summed E-state index contributed by atoms with van der Waals surface area (Å²) >= 11 is 3.90. The minimum atomic E-state index is 0.0678. The molecule has 17 heavy (non-hydrogen) atoms. The van der Waals surface area contributed by atoms with Gasteiger partial charge in [-0.3, -0.25) is 4.79 Å². The summed E-state index contributed by atoms with van der Waals surface area (Å²) in [5, 5.41) is 7.02. The van der Waals surface area contributed by atoms with Crippen LogP contribution in [0.5, 0.6) is 0 Å². The Labute approximate surface area is 118 Å². The van der Waals surface area contributed by atoms with E-state index in [1.54, 1.807) is 11.3 Å². The third-order valence-corrected chi connectivity index (χ3v) is 3.73. The van der Waals surface area contributed by atoms with Crippen molar-refractivity contribution in [2.24, 2.45) is 0 Å². The van der Waals surface area contributed by atoms with Crippen molar-refractivity contribution < 1.29 is 4.79 Å². The molecule has 0 aliphatic rings. The Balaban J connectivity index is 1.85. The van der Waals surface area contributed by atoms with Crippen molar-refractivity contribution in [3.63, 3.8) is 0 Å². The number of carbonyl (C=O) groups excluding carboxylic acids is 1. The summed E-state index contributed by atoms with van der Waals surface area (Å²) in [6.45, 7) is 0. The van der Waals surface area contributed by atoms with Crippen LogP contribution in [0, 0.1) is 3.57 Å². The second-order valence-electron chi connectivity index (χ2n) is 3.69. The Hall–Kier alpha value is -0.880. The summed E-state index contributed by atoms with van der Waals surface area (Å²) in [5.74, 6) is 0.0678. The van der Waals surface area contributed by atoms with Gasteiger partial charge in [-0.1, -0.05) is 6.07 Å². The molecule has 0 aliphatic carbocycles. The number of amides is 1. The molecule has 1 N–H and O–H groups in total. The Morgan fingerprint density at radius 2 is 2.24 bits per heavy atom. The fourth-order valence-corrected chi connectivity index (χ4v) is 2.73. The van der Waals surface area contributed by atoms with Crippen LogP contribution in [0.4, 0.5) is 5.69 Å². The number of benzene rings is 1. The van der Waals surface area contributed by atoms with Crippen molar-refractivity contribution in [1.29, 1.82) is 0 Å². The van der Waals surface area contributed by atoms with E-state index in [4.69, 9.17) is 0 Å². The number of nitrogens with one attached hydrogen (secondary N) is 1. The molecule has 2 nitrogen and oxygen atoms in total. The van der Waals surface area contributed by atoms with Crippen LogP contribution in [-0.2, 0) is 11.2 Å². The molecule has 0 atom stereocenters. The lowest BCUT2D eigenvalue weighted by Gasteiger charge is -2.04. The van der Waals surface area contributed by atoms with Crippen LogP contribution >= 0.6 is 33.9 Å². The molecule has 0 aliphatic heterocycles. The Bertz CT molecular complexity index is 496. The fraction of sp³-hybridized carbons (Fsp3) is 0.154. The number of halogens is 1. The van der Waals surface area contributed by atoms with E-state index in [1.807, 2.05) is 29.6 Å². The average Bonchev–Trinajstić information content (AvgIpc) is 2.79. The average molecular weight is 357 g/mol. The van der Waals surface area contributed by atoms with Gasteiger partial charge < -0.3 is 5.32 Å². The molecule has 1 aromatic carbocycles. The van der Waals surface area contributed by atoms with Crippen LogP contribution in [0.2, 0.25) is 0 Å². The zero-order valence-corrected chi connectivity index (χ0v) is 12.1. The summed E-state index contributed by atoms with van der Waals surface area (Å²) in [6.07, 6.45) is 1.33. The second kappa shape index (κ2) is 6.16. The van der Waals surface area contributed by atoms with Crippen LogP contribution in [0.25, 0.3) is 0 Å². The molecule has 0 fully saturated rings. The van der Waals surface area contributed by atoms with Gasteiger partial charge in [-0.25, -0.2) is 0 Å². The van der Waals surface area contributed by atoms with Crippen molar-refractivity contribution in [3.05, 3.63) is 50.2 Å². The summed E-state index contributed by atoms with van der Waals surface area (Å²) < 4.78 is 1.12. The van der Waals surface area contributed by atoms with Gasteiger partial charge in [-0.05, 0) is 69.6 Å². The van der Waals surface area contributed by atoms with E-state index in [9.17, 15) is 4.79 Å². The molecule has 0 spiro atoms. The van der Waals surface area contributed by atoms with Crippen LogP contribution in [-0.4, -0.2) is 5.91 Å². The number of hydrogen-bond donors (Lipinski definition) is 1. The highest BCUT2D eigenvalue weighted by atomic mass is 127. The standard InChI is InChI=1S/C13H12INOS/c14-11-2-1-3-12(8-11)15-13(16)5-4-10-6-7-17-9-10/h1-3,6-9H,4-5H2,(H,15,16). The maximum Gasteiger partial charge on any atom is 0.224 e. The second-order valence-corrected chi connectivity index (χ2v) is 5.72. The van der Waals surface area contributed by atoms with E-state index in [2.05, 4.69) is 39.4 Å². The fourth-order valence-electron chi connectivity index (χ4n) is 1.48. The molecule has 1 amide bonds. The minimum Gasteiger partial charge on any atom is -0.326 e. The van der Waals surface area contributed by atoms with Gasteiger partial charge in [0.25, 0.3) is 0 Å². The van der Waals surface area contributed by atoms with E-state index in [0.717, 1.165) is 15.7 Å². The van der Waals surface area contributed by atoms with Crippen LogP contribution < -0.4 is 5.32 Å². The van der Waals surface area contributed by atoms with E-state index < -0.39 is 0 Å². The lowest BCUT2D eigenvalue weighted by molar-refractivity contribution is -0.116. The number of rotatable bonds is 4. The highest BCUT2D eigenvalue weighted by molar-refractivity contribution is 14.1. The summed E-state index contributed by atoms with van der Waals surface area (Å²) in [4.78, 5) is 11.7. The Kier molecular flexibility index (Phi) is 4.56. The SMILES string of the molecule is O=C(CCc1ccsc1)Nc1cccc(I)c1. The predicted octanol–water partition coefficient (Wildman–Crippen LogP) is 3.92. The molecule has 1 aromatic heterocycles. The van der Waals surface area contributed by atoms with Crippen molar-refractivity contribution in [1.82, 2.24) is 0 Å². The number of aryl methyl sites for hydroxylation is 1. The van der Waals surface area contributed by atoms with Gasteiger partial charge >= 0.3 is 0 Å². The molecule has 88 valence electrons. The highest BCUT2D eigenvalue weighted by Crippen LogP contribution is 2.13. The number of anilines is 1. The predicted molar refractivity (Wildman–Crippen MR) is 80.4 cm³/mol. The normalized spacial score (nSPS) is 10.2. The maximum atomic E-state index is 11.7. The molecule has 0 bridgehead atoms. The Morgan fingerprint density at radius 3 is 2.94 bits per heavy atom. The largest absolute Gasteiger partial charge is 0.326 e. The highest BCUT2D eigenvalue weighted by Gasteiger charge is 2.03. The van der Waals surface area contributed by atoms with Crippen LogP contribution in [0.3, 0.4) is 0 Å². The molecular formula is C13H12INOS. The summed E-state index contributed by atoms with van der Waals surface area (Å²) in [5.41, 5.74) is 2.10. The zero-order valence-electron chi connectivity index (χ0n) is 9.15. The lowest BCUT2D eigenvalue weighted by Crippen LogP contribution is -2.12. The zero-order chi connectivity index (χ0) is 12.1. The van der Waals surface area contributed by atoms with Gasteiger partial charge in [0.15, 0.2) is 0 Å². The lowest BCUT2D eigenvalue weighted by atomic mass is 10.2. The quantitative estimate of drug-likeness (QED) is 0.826. The first kappa shape index (κ1) is 12.6. The number of hydrogen-bond acceptors (Lipinski definition) is 2. The Morgan fingerprint density at radius 1 is 1.35 bits per heavy atom. The van der Waals surface area contributed by atoms with E-state index in [-0.39, 0.29) is 5.91 Å². The van der Waals surface area contributed by atoms with Gasteiger partial charge in [-0.15, -0.1) is 0 Å². The molecule has 2 aromatic rings. The smallest absolute Gasteiger partial charge is 0.224 e. The van der Waals surface area contributed by atoms with Crippen molar-refractivity contribution in [2.75, 3.05) is 5.32 Å². The van der Waals surface area contributed by atoms with Crippen molar-refractivity contribution >= 4 is 45.5 Å². The van der Waals surface area contributed by atoms with E-state index in [1.165, 1.54) is 5.56 Å². The molecule has 1 heterocycles. The van der Waals surface area contributed by atoms with Crippen LogP contribution in [0.15, 0.2) is 41.1 Å².